The second-order valence-corrected chi connectivity index (χ2v) is 7.20. The second kappa shape index (κ2) is 6.57. The van der Waals surface area contributed by atoms with E-state index in [1.165, 1.54) is 5.56 Å². The van der Waals surface area contributed by atoms with E-state index in [9.17, 15) is 5.11 Å². The van der Waals surface area contributed by atoms with Crippen LogP contribution in [0.1, 0.15) is 36.6 Å². The first-order valence-corrected chi connectivity index (χ1v) is 8.84. The van der Waals surface area contributed by atoms with Gasteiger partial charge in [-0.15, -0.1) is 0 Å². The maximum absolute atomic E-state index is 9.24. The molecule has 0 saturated carbocycles. The summed E-state index contributed by atoms with van der Waals surface area (Å²) >= 11 is 2.34. The van der Waals surface area contributed by atoms with Crippen molar-refractivity contribution >= 4 is 33.5 Å². The third kappa shape index (κ3) is 2.99. The fourth-order valence-electron chi connectivity index (χ4n) is 3.00. The first-order chi connectivity index (χ1) is 11.0. The Balaban J connectivity index is 2.27. The highest BCUT2D eigenvalue weighted by atomic mass is 127. The van der Waals surface area contributed by atoms with Crippen LogP contribution < -0.4 is 0 Å². The highest BCUT2D eigenvalue weighted by molar-refractivity contribution is 14.1. The third-order valence-electron chi connectivity index (χ3n) is 4.17. The molecule has 0 saturated heterocycles. The molecule has 3 aromatic rings. The van der Waals surface area contributed by atoms with Crippen LogP contribution >= 0.6 is 22.6 Å². The van der Waals surface area contributed by atoms with Gasteiger partial charge < -0.3 is 5.11 Å². The molecule has 0 spiro atoms. The summed E-state index contributed by atoms with van der Waals surface area (Å²) < 4.78 is 1.15. The number of aliphatic hydroxyl groups is 1. The minimum atomic E-state index is 0.145. The van der Waals surface area contributed by atoms with Crippen LogP contribution in [0.15, 0.2) is 24.4 Å². The van der Waals surface area contributed by atoms with Gasteiger partial charge in [0.05, 0.1) is 17.4 Å². The number of fused-ring (bicyclic) bond motifs is 1. The molecule has 0 unspecified atom stereocenters. The van der Waals surface area contributed by atoms with E-state index >= 15 is 0 Å². The van der Waals surface area contributed by atoms with Gasteiger partial charge in [-0.3, -0.25) is 10.1 Å². The van der Waals surface area contributed by atoms with Gasteiger partial charge in [-0.2, -0.15) is 5.10 Å². The summed E-state index contributed by atoms with van der Waals surface area (Å²) in [6, 6.07) is 6.36. The molecule has 0 atom stereocenters. The minimum absolute atomic E-state index is 0.145. The van der Waals surface area contributed by atoms with Crippen LogP contribution in [0.2, 0.25) is 0 Å². The molecule has 3 rings (SSSR count). The Bertz CT molecular complexity index is 832. The number of H-pyrrole nitrogens is 1. The predicted molar refractivity (Wildman–Crippen MR) is 102 cm³/mol. The molecule has 2 N–H and O–H groups in total. The molecule has 23 heavy (non-hydrogen) atoms. The topological polar surface area (TPSA) is 61.8 Å². The Morgan fingerprint density at radius 3 is 2.74 bits per heavy atom. The van der Waals surface area contributed by atoms with Crippen molar-refractivity contribution in [3.8, 4) is 11.3 Å². The minimum Gasteiger partial charge on any atom is -0.396 e. The average molecular weight is 421 g/mol. The van der Waals surface area contributed by atoms with Crippen LogP contribution in [0.3, 0.4) is 0 Å². The molecule has 0 fully saturated rings. The van der Waals surface area contributed by atoms with Crippen molar-refractivity contribution in [2.75, 3.05) is 6.61 Å². The van der Waals surface area contributed by atoms with Crippen molar-refractivity contribution in [2.24, 2.45) is 0 Å². The van der Waals surface area contributed by atoms with Crippen LogP contribution in [0.5, 0.6) is 0 Å². The smallest absolute Gasteiger partial charge is 0.0726 e. The van der Waals surface area contributed by atoms with Gasteiger partial charge in [0, 0.05) is 26.8 Å². The van der Waals surface area contributed by atoms with E-state index in [1.807, 2.05) is 13.1 Å². The molecule has 5 heteroatoms. The average Bonchev–Trinajstić information content (AvgIpc) is 2.98. The maximum atomic E-state index is 9.24. The summed E-state index contributed by atoms with van der Waals surface area (Å²) in [6.45, 7) is 6.55. The lowest BCUT2D eigenvalue weighted by Gasteiger charge is -2.16. The van der Waals surface area contributed by atoms with Gasteiger partial charge >= 0.3 is 0 Å². The molecule has 0 aliphatic rings. The number of pyridine rings is 1. The standard InChI is InChI=1S/C18H20IN3O/c1-10(2)12-4-5-16-14(9-20-22-16)18(12)17-8-15(19)13(6-7-23)11(3)21-17/h4-5,8-10,23H,6-7H2,1-3H3,(H,20,22). The van der Waals surface area contributed by atoms with E-state index in [2.05, 4.69) is 64.8 Å². The zero-order chi connectivity index (χ0) is 16.6. The summed E-state index contributed by atoms with van der Waals surface area (Å²) in [6.07, 6.45) is 2.52. The molecular formula is C18H20IN3O. The normalized spacial score (nSPS) is 11.6. The number of nitrogens with zero attached hydrogens (tertiary/aromatic N) is 2. The molecular weight excluding hydrogens is 401 g/mol. The van der Waals surface area contributed by atoms with Gasteiger partial charge in [-0.25, -0.2) is 0 Å². The van der Waals surface area contributed by atoms with Crippen LogP contribution in [0, 0.1) is 10.5 Å². The summed E-state index contributed by atoms with van der Waals surface area (Å²) in [5.41, 5.74) is 6.54. The van der Waals surface area contributed by atoms with E-state index in [4.69, 9.17) is 4.98 Å². The summed E-state index contributed by atoms with van der Waals surface area (Å²) in [7, 11) is 0. The number of hydrogen-bond donors (Lipinski definition) is 2. The molecule has 0 bridgehead atoms. The number of aromatic nitrogens is 3. The summed E-state index contributed by atoms with van der Waals surface area (Å²) in [5.74, 6) is 0.404. The van der Waals surface area contributed by atoms with Crippen LogP contribution in [-0.4, -0.2) is 26.9 Å². The molecule has 1 aromatic carbocycles. The van der Waals surface area contributed by atoms with Crippen molar-refractivity contribution in [1.29, 1.82) is 0 Å². The van der Waals surface area contributed by atoms with Gasteiger partial charge in [-0.1, -0.05) is 19.9 Å². The first kappa shape index (κ1) is 16.4. The van der Waals surface area contributed by atoms with Gasteiger partial charge in [0.25, 0.3) is 0 Å². The number of halogens is 1. The molecule has 2 aromatic heterocycles. The highest BCUT2D eigenvalue weighted by Crippen LogP contribution is 2.35. The Hall–Kier alpha value is -1.47. The summed E-state index contributed by atoms with van der Waals surface area (Å²) in [4.78, 5) is 4.84. The SMILES string of the molecule is Cc1nc(-c2c(C(C)C)ccc3[nH]ncc23)cc(I)c1CCO. The summed E-state index contributed by atoms with van der Waals surface area (Å²) in [5, 5.41) is 17.6. The fraction of sp³-hybridized carbons (Fsp3) is 0.333. The fourth-order valence-corrected chi connectivity index (χ4v) is 3.96. The van der Waals surface area contributed by atoms with E-state index in [1.54, 1.807) is 0 Å². The van der Waals surface area contributed by atoms with E-state index in [0.717, 1.165) is 37.0 Å². The lowest BCUT2D eigenvalue weighted by atomic mass is 9.92. The van der Waals surface area contributed by atoms with Crippen molar-refractivity contribution in [1.82, 2.24) is 15.2 Å². The lowest BCUT2D eigenvalue weighted by Crippen LogP contribution is -2.03. The van der Waals surface area contributed by atoms with Gasteiger partial charge in [-0.05, 0) is 65.1 Å². The number of rotatable bonds is 4. The Morgan fingerprint density at radius 1 is 1.30 bits per heavy atom. The highest BCUT2D eigenvalue weighted by Gasteiger charge is 2.17. The molecule has 0 aliphatic carbocycles. The number of aliphatic hydroxyl groups excluding tert-OH is 1. The lowest BCUT2D eigenvalue weighted by molar-refractivity contribution is 0.299. The number of nitrogens with one attached hydrogen (secondary N) is 1. The molecule has 0 radical (unpaired) electrons. The van der Waals surface area contributed by atoms with Crippen LogP contribution in [0.25, 0.3) is 22.2 Å². The zero-order valence-corrected chi connectivity index (χ0v) is 15.7. The monoisotopic (exact) mass is 421 g/mol. The molecule has 0 amide bonds. The van der Waals surface area contributed by atoms with E-state index < -0.39 is 0 Å². The molecule has 2 heterocycles. The Morgan fingerprint density at radius 2 is 2.09 bits per heavy atom. The van der Waals surface area contributed by atoms with Crippen molar-refractivity contribution in [2.45, 2.75) is 33.1 Å². The number of aromatic amines is 1. The largest absolute Gasteiger partial charge is 0.396 e. The zero-order valence-electron chi connectivity index (χ0n) is 13.5. The van der Waals surface area contributed by atoms with Gasteiger partial charge in [0.15, 0.2) is 0 Å². The molecule has 0 aliphatic heterocycles. The maximum Gasteiger partial charge on any atom is 0.0726 e. The van der Waals surface area contributed by atoms with Crippen molar-refractivity contribution in [3.63, 3.8) is 0 Å². The first-order valence-electron chi connectivity index (χ1n) is 7.76. The number of hydrogen-bond acceptors (Lipinski definition) is 3. The number of benzene rings is 1. The van der Waals surface area contributed by atoms with Crippen LogP contribution in [0.4, 0.5) is 0 Å². The predicted octanol–water partition coefficient (Wildman–Crippen LogP) is 4.20. The number of aryl methyl sites for hydroxylation is 1. The van der Waals surface area contributed by atoms with E-state index in [0.29, 0.717) is 12.3 Å². The van der Waals surface area contributed by atoms with Crippen LogP contribution in [-0.2, 0) is 6.42 Å². The van der Waals surface area contributed by atoms with E-state index in [-0.39, 0.29) is 6.61 Å². The Kier molecular flexibility index (Phi) is 4.68. The molecule has 4 nitrogen and oxygen atoms in total. The van der Waals surface area contributed by atoms with Gasteiger partial charge in [0.2, 0.25) is 0 Å². The quantitative estimate of drug-likeness (QED) is 0.621. The van der Waals surface area contributed by atoms with Crippen molar-refractivity contribution < 1.29 is 5.11 Å². The molecule has 120 valence electrons. The van der Waals surface area contributed by atoms with Gasteiger partial charge in [0.1, 0.15) is 0 Å². The third-order valence-corrected chi connectivity index (χ3v) is 5.14. The Labute approximate surface area is 149 Å². The second-order valence-electron chi connectivity index (χ2n) is 6.04. The van der Waals surface area contributed by atoms with Crippen molar-refractivity contribution in [3.05, 3.63) is 44.8 Å².